The highest BCUT2D eigenvalue weighted by atomic mass is 16.2. The highest BCUT2D eigenvalue weighted by Gasteiger charge is 2.36. The van der Waals surface area contributed by atoms with Gasteiger partial charge >= 0.3 is 0 Å². The van der Waals surface area contributed by atoms with Crippen molar-refractivity contribution >= 4 is 5.91 Å². The van der Waals surface area contributed by atoms with E-state index in [9.17, 15) is 4.79 Å². The lowest BCUT2D eigenvalue weighted by Gasteiger charge is -2.38. The molecule has 94 valence electrons. The number of nitrogens with zero attached hydrogens (tertiary/aromatic N) is 1. The minimum Gasteiger partial charge on any atom is -0.343 e. The second-order valence-electron chi connectivity index (χ2n) is 5.74. The van der Waals surface area contributed by atoms with E-state index < -0.39 is 0 Å². The number of carbonyl (C=O) groups is 1. The van der Waals surface area contributed by atoms with E-state index in [1.54, 1.807) is 0 Å². The van der Waals surface area contributed by atoms with Gasteiger partial charge in [0.05, 0.1) is 0 Å². The Balaban J connectivity index is 2.69. The first kappa shape index (κ1) is 13.5. The monoisotopic (exact) mass is 226 g/mol. The first-order chi connectivity index (χ1) is 7.34. The second kappa shape index (κ2) is 5.17. The molecule has 0 saturated heterocycles. The SMILES string of the molecule is CC1CC(C)C(C(=O)N(C)C(C)C)CC1N. The zero-order valence-electron chi connectivity index (χ0n) is 11.2. The van der Waals surface area contributed by atoms with Crippen LogP contribution in [0.1, 0.15) is 40.5 Å². The molecule has 4 atom stereocenters. The maximum Gasteiger partial charge on any atom is 0.225 e. The third kappa shape index (κ3) is 2.76. The number of rotatable bonds is 2. The first-order valence-electron chi connectivity index (χ1n) is 6.36. The highest BCUT2D eigenvalue weighted by Crippen LogP contribution is 2.34. The molecule has 1 amide bonds. The van der Waals surface area contributed by atoms with Gasteiger partial charge in [0, 0.05) is 25.0 Å². The van der Waals surface area contributed by atoms with Gasteiger partial charge in [-0.05, 0) is 38.5 Å². The largest absolute Gasteiger partial charge is 0.343 e. The van der Waals surface area contributed by atoms with E-state index in [-0.39, 0.29) is 23.9 Å². The van der Waals surface area contributed by atoms with Crippen molar-refractivity contribution in [3.05, 3.63) is 0 Å². The molecule has 0 heterocycles. The molecule has 1 saturated carbocycles. The molecular formula is C13H26N2O. The molecule has 2 N–H and O–H groups in total. The van der Waals surface area contributed by atoms with Gasteiger partial charge in [-0.3, -0.25) is 4.79 Å². The lowest BCUT2D eigenvalue weighted by molar-refractivity contribution is -0.139. The summed E-state index contributed by atoms with van der Waals surface area (Å²) in [7, 11) is 1.89. The molecule has 16 heavy (non-hydrogen) atoms. The van der Waals surface area contributed by atoms with Crippen molar-refractivity contribution < 1.29 is 4.79 Å². The molecule has 0 spiro atoms. The number of hydrogen-bond acceptors (Lipinski definition) is 2. The predicted molar refractivity (Wildman–Crippen MR) is 66.9 cm³/mol. The van der Waals surface area contributed by atoms with Crippen molar-refractivity contribution in [3.63, 3.8) is 0 Å². The van der Waals surface area contributed by atoms with Crippen molar-refractivity contribution in [1.82, 2.24) is 4.90 Å². The number of hydrogen-bond donors (Lipinski definition) is 1. The molecule has 3 heteroatoms. The Hall–Kier alpha value is -0.570. The van der Waals surface area contributed by atoms with Crippen LogP contribution in [-0.4, -0.2) is 29.9 Å². The molecule has 1 aliphatic carbocycles. The van der Waals surface area contributed by atoms with E-state index in [0.717, 1.165) is 12.8 Å². The van der Waals surface area contributed by atoms with Crippen molar-refractivity contribution in [2.45, 2.75) is 52.6 Å². The summed E-state index contributed by atoms with van der Waals surface area (Å²) < 4.78 is 0. The van der Waals surface area contributed by atoms with Gasteiger partial charge in [0.1, 0.15) is 0 Å². The molecule has 0 aromatic carbocycles. The van der Waals surface area contributed by atoms with Crippen molar-refractivity contribution in [2.24, 2.45) is 23.5 Å². The molecule has 3 nitrogen and oxygen atoms in total. The van der Waals surface area contributed by atoms with E-state index in [1.807, 2.05) is 25.8 Å². The first-order valence-corrected chi connectivity index (χ1v) is 6.36. The van der Waals surface area contributed by atoms with Crippen molar-refractivity contribution in [3.8, 4) is 0 Å². The van der Waals surface area contributed by atoms with Gasteiger partial charge in [0.25, 0.3) is 0 Å². The molecule has 4 unspecified atom stereocenters. The Bertz CT molecular complexity index is 252. The average Bonchev–Trinajstić information content (AvgIpc) is 2.21. The number of nitrogens with two attached hydrogens (primary N) is 1. The van der Waals surface area contributed by atoms with Gasteiger partial charge in [-0.2, -0.15) is 0 Å². The van der Waals surface area contributed by atoms with Crippen LogP contribution in [0.15, 0.2) is 0 Å². The van der Waals surface area contributed by atoms with E-state index in [4.69, 9.17) is 5.73 Å². The van der Waals surface area contributed by atoms with Crippen LogP contribution in [0.4, 0.5) is 0 Å². The van der Waals surface area contributed by atoms with E-state index >= 15 is 0 Å². The Morgan fingerprint density at radius 3 is 2.31 bits per heavy atom. The minimum atomic E-state index is 0.124. The van der Waals surface area contributed by atoms with Crippen LogP contribution in [0.3, 0.4) is 0 Å². The zero-order chi connectivity index (χ0) is 12.5. The lowest BCUT2D eigenvalue weighted by atomic mass is 9.72. The molecular weight excluding hydrogens is 200 g/mol. The maximum absolute atomic E-state index is 12.3. The predicted octanol–water partition coefficient (Wildman–Crippen LogP) is 1.86. The zero-order valence-corrected chi connectivity index (χ0v) is 11.2. The van der Waals surface area contributed by atoms with Gasteiger partial charge in [-0.15, -0.1) is 0 Å². The minimum absolute atomic E-state index is 0.124. The van der Waals surface area contributed by atoms with Crippen molar-refractivity contribution in [1.29, 1.82) is 0 Å². The fourth-order valence-corrected chi connectivity index (χ4v) is 2.54. The fraction of sp³-hybridized carbons (Fsp3) is 0.923. The molecule has 0 aliphatic heterocycles. The number of amides is 1. The third-order valence-electron chi connectivity index (χ3n) is 4.13. The molecule has 0 radical (unpaired) electrons. The fourth-order valence-electron chi connectivity index (χ4n) is 2.54. The van der Waals surface area contributed by atoms with Gasteiger partial charge in [0.15, 0.2) is 0 Å². The molecule has 0 bridgehead atoms. The van der Waals surface area contributed by atoms with Crippen LogP contribution < -0.4 is 5.73 Å². The third-order valence-corrected chi connectivity index (χ3v) is 4.13. The second-order valence-corrected chi connectivity index (χ2v) is 5.74. The van der Waals surface area contributed by atoms with Crippen molar-refractivity contribution in [2.75, 3.05) is 7.05 Å². The topological polar surface area (TPSA) is 46.3 Å². The molecule has 0 aromatic rings. The van der Waals surface area contributed by atoms with Crippen LogP contribution >= 0.6 is 0 Å². The Labute approximate surface area is 99.4 Å². The normalized spacial score (nSPS) is 35.2. The van der Waals surface area contributed by atoms with Gasteiger partial charge in [0.2, 0.25) is 5.91 Å². The lowest BCUT2D eigenvalue weighted by Crippen LogP contribution is -2.47. The summed E-state index contributed by atoms with van der Waals surface area (Å²) in [4.78, 5) is 14.1. The number of carbonyl (C=O) groups excluding carboxylic acids is 1. The summed E-state index contributed by atoms with van der Waals surface area (Å²) >= 11 is 0. The standard InChI is InChI=1S/C13H26N2O/c1-8(2)15(5)13(16)11-7-12(14)10(4)6-9(11)3/h8-12H,6-7,14H2,1-5H3. The smallest absolute Gasteiger partial charge is 0.225 e. The van der Waals surface area contributed by atoms with Gasteiger partial charge in [-0.25, -0.2) is 0 Å². The van der Waals surface area contributed by atoms with E-state index in [1.165, 1.54) is 0 Å². The van der Waals surface area contributed by atoms with Crippen LogP contribution in [0, 0.1) is 17.8 Å². The summed E-state index contributed by atoms with van der Waals surface area (Å²) in [5.74, 6) is 1.40. The summed E-state index contributed by atoms with van der Waals surface area (Å²) in [5.41, 5.74) is 6.07. The summed E-state index contributed by atoms with van der Waals surface area (Å²) in [6.07, 6.45) is 1.92. The Morgan fingerprint density at radius 2 is 1.81 bits per heavy atom. The summed E-state index contributed by atoms with van der Waals surface area (Å²) in [6.45, 7) is 8.47. The van der Waals surface area contributed by atoms with Crippen LogP contribution in [0.5, 0.6) is 0 Å². The quantitative estimate of drug-likeness (QED) is 0.781. The van der Waals surface area contributed by atoms with E-state index in [0.29, 0.717) is 11.8 Å². The average molecular weight is 226 g/mol. The Kier molecular flexibility index (Phi) is 4.36. The molecule has 1 rings (SSSR count). The van der Waals surface area contributed by atoms with Gasteiger partial charge in [-0.1, -0.05) is 13.8 Å². The summed E-state index contributed by atoms with van der Waals surface area (Å²) in [5, 5.41) is 0. The molecule has 1 aliphatic rings. The summed E-state index contributed by atoms with van der Waals surface area (Å²) in [6, 6.07) is 0.459. The van der Waals surface area contributed by atoms with Crippen LogP contribution in [0.2, 0.25) is 0 Å². The molecule has 1 fully saturated rings. The molecule has 0 aromatic heterocycles. The van der Waals surface area contributed by atoms with Crippen LogP contribution in [0.25, 0.3) is 0 Å². The van der Waals surface area contributed by atoms with Gasteiger partial charge < -0.3 is 10.6 Å². The Morgan fingerprint density at radius 1 is 1.25 bits per heavy atom. The highest BCUT2D eigenvalue weighted by molar-refractivity contribution is 5.79. The van der Waals surface area contributed by atoms with Crippen LogP contribution in [-0.2, 0) is 4.79 Å². The van der Waals surface area contributed by atoms with E-state index in [2.05, 4.69) is 13.8 Å². The maximum atomic E-state index is 12.3.